The molecule has 3 heteroatoms. The highest BCUT2D eigenvalue weighted by atomic mass is 32.4. The Kier molecular flexibility index (Phi) is 3.94. The Morgan fingerprint density at radius 2 is 1.41 bits per heavy atom. The van der Waals surface area contributed by atoms with Crippen LogP contribution < -0.4 is 10.6 Å². The first kappa shape index (κ1) is 14.6. The Morgan fingerprint density at radius 1 is 0.818 bits per heavy atom. The summed E-state index contributed by atoms with van der Waals surface area (Å²) in [4.78, 5) is 0. The largest absolute Gasteiger partial charge is 0.339 e. The quantitative estimate of drug-likeness (QED) is 0.777. The van der Waals surface area contributed by atoms with Gasteiger partial charge in [-0.15, -0.1) is 0 Å². The van der Waals surface area contributed by atoms with Crippen molar-refractivity contribution in [1.29, 1.82) is 0 Å². The number of hydrogen-bond acceptors (Lipinski definition) is 2. The molecule has 0 radical (unpaired) electrons. The predicted octanol–water partition coefficient (Wildman–Crippen LogP) is 4.24. The smallest absolute Gasteiger partial charge is 0.123 e. The number of hydrogen-bond donors (Lipinski definition) is 0. The Balaban J connectivity index is 1.71. The Bertz CT molecular complexity index is 642. The molecule has 0 amide bonds. The highest BCUT2D eigenvalue weighted by molar-refractivity contribution is 8.19. The molecule has 0 heterocycles. The summed E-state index contributed by atoms with van der Waals surface area (Å²) >= 11 is 6.18. The molecule has 2 bridgehead atoms. The van der Waals surface area contributed by atoms with Crippen molar-refractivity contribution in [3.05, 3.63) is 60.7 Å². The molecule has 0 saturated heterocycles. The molecule has 0 aliphatic heterocycles. The van der Waals surface area contributed by atoms with E-state index in [2.05, 4.69) is 48.5 Å². The van der Waals surface area contributed by atoms with Gasteiger partial charge >= 0.3 is 0 Å². The van der Waals surface area contributed by atoms with Crippen LogP contribution in [0.25, 0.3) is 0 Å². The Morgan fingerprint density at radius 3 is 1.86 bits per heavy atom. The minimum absolute atomic E-state index is 0.366. The van der Waals surface area contributed by atoms with Crippen LogP contribution in [0.2, 0.25) is 0 Å². The van der Waals surface area contributed by atoms with Crippen LogP contribution in [0.15, 0.2) is 60.7 Å². The van der Waals surface area contributed by atoms with Crippen molar-refractivity contribution in [3.63, 3.8) is 0 Å². The van der Waals surface area contributed by atoms with Crippen LogP contribution >= 0.6 is 6.26 Å². The van der Waals surface area contributed by atoms with E-state index >= 15 is 0 Å². The average Bonchev–Trinajstić information content (AvgIpc) is 3.19. The van der Waals surface area contributed by atoms with Gasteiger partial charge in [0, 0.05) is 10.6 Å². The predicted molar refractivity (Wildman–Crippen MR) is 96.8 cm³/mol. The zero-order valence-electron chi connectivity index (χ0n) is 12.6. The van der Waals surface area contributed by atoms with Gasteiger partial charge < -0.3 is 4.52 Å². The van der Waals surface area contributed by atoms with Crippen molar-refractivity contribution in [3.8, 4) is 0 Å². The summed E-state index contributed by atoms with van der Waals surface area (Å²) < 4.78 is 6.73. The third-order valence-corrected chi connectivity index (χ3v) is 9.20. The van der Waals surface area contributed by atoms with Gasteiger partial charge in [-0.25, -0.2) is 0 Å². The zero-order valence-corrected chi connectivity index (χ0v) is 14.3. The van der Waals surface area contributed by atoms with Gasteiger partial charge in [-0.1, -0.05) is 72.5 Å². The lowest BCUT2D eigenvalue weighted by atomic mass is 9.98. The summed E-state index contributed by atoms with van der Waals surface area (Å²) in [5, 5.41) is 2.36. The van der Waals surface area contributed by atoms with Gasteiger partial charge in [0.05, 0.1) is 6.10 Å². The summed E-state index contributed by atoms with van der Waals surface area (Å²) in [6, 6.07) is 20.9. The fraction of sp³-hybridized carbons (Fsp3) is 0.368. The summed E-state index contributed by atoms with van der Waals surface area (Å²) in [7, 11) is 0. The zero-order chi connectivity index (χ0) is 15.0. The molecular weight excluding hydrogens is 307 g/mol. The van der Waals surface area contributed by atoms with E-state index in [-0.39, 0.29) is 0 Å². The number of rotatable bonds is 4. The van der Waals surface area contributed by atoms with Crippen LogP contribution in [0, 0.1) is 11.8 Å². The maximum absolute atomic E-state index is 6.73. The van der Waals surface area contributed by atoms with Crippen LogP contribution in [-0.2, 0) is 16.3 Å². The van der Waals surface area contributed by atoms with Crippen molar-refractivity contribution in [1.82, 2.24) is 0 Å². The van der Waals surface area contributed by atoms with E-state index in [1.54, 1.807) is 0 Å². The van der Waals surface area contributed by atoms with Crippen molar-refractivity contribution < 1.29 is 4.52 Å². The molecule has 3 atom stereocenters. The maximum Gasteiger partial charge on any atom is 0.123 e. The molecule has 22 heavy (non-hydrogen) atoms. The van der Waals surface area contributed by atoms with E-state index in [0.717, 1.165) is 11.8 Å². The third-order valence-electron chi connectivity index (χ3n) is 5.15. The van der Waals surface area contributed by atoms with E-state index in [1.165, 1.54) is 36.3 Å². The standard InChI is InChI=1S/C19H21OPS/c22-21(17-7-3-1-4-8-17,18-9-5-2-6-10-18)20-19-14-15-11-12-16(19)13-15/h1-10,15-16,19H,11-14H2. The third kappa shape index (κ3) is 2.58. The maximum atomic E-state index is 6.73. The van der Waals surface area contributed by atoms with E-state index in [0.29, 0.717) is 6.10 Å². The van der Waals surface area contributed by atoms with Gasteiger partial charge in [-0.3, -0.25) is 0 Å². The van der Waals surface area contributed by atoms with Gasteiger partial charge in [0.2, 0.25) is 0 Å². The first-order valence-corrected chi connectivity index (χ1v) is 10.9. The summed E-state index contributed by atoms with van der Waals surface area (Å²) in [6.45, 7) is 0. The van der Waals surface area contributed by atoms with Crippen molar-refractivity contribution in [2.75, 3.05) is 0 Å². The molecule has 2 fully saturated rings. The molecule has 114 valence electrons. The first-order valence-electron chi connectivity index (χ1n) is 8.15. The normalized spacial score (nSPS) is 27.2. The van der Waals surface area contributed by atoms with Gasteiger partial charge in [0.15, 0.2) is 0 Å². The Labute approximate surface area is 137 Å². The topological polar surface area (TPSA) is 9.23 Å². The molecule has 2 saturated carbocycles. The second-order valence-corrected chi connectivity index (χ2v) is 10.4. The molecule has 0 aromatic heterocycles. The summed E-state index contributed by atoms with van der Waals surface area (Å²) in [6.07, 6.45) is 3.48. The van der Waals surface area contributed by atoms with E-state index in [9.17, 15) is 0 Å². The van der Waals surface area contributed by atoms with E-state index in [1.807, 2.05) is 12.1 Å². The fourth-order valence-electron chi connectivity index (χ4n) is 4.03. The average molecular weight is 328 g/mol. The molecule has 3 unspecified atom stereocenters. The molecule has 2 aromatic rings. The molecular formula is C19H21OPS. The lowest BCUT2D eigenvalue weighted by Crippen LogP contribution is -2.26. The Hall–Kier alpha value is -0.950. The van der Waals surface area contributed by atoms with Crippen molar-refractivity contribution in [2.45, 2.75) is 31.8 Å². The van der Waals surface area contributed by atoms with Gasteiger partial charge in [0.1, 0.15) is 6.26 Å². The van der Waals surface area contributed by atoms with E-state index in [4.69, 9.17) is 16.3 Å². The van der Waals surface area contributed by atoms with Crippen molar-refractivity contribution >= 4 is 28.7 Å². The lowest BCUT2D eigenvalue weighted by molar-refractivity contribution is 0.158. The first-order chi connectivity index (χ1) is 10.8. The molecule has 2 aliphatic carbocycles. The second kappa shape index (κ2) is 5.92. The van der Waals surface area contributed by atoms with Crippen LogP contribution in [0.5, 0.6) is 0 Å². The minimum atomic E-state index is -2.17. The summed E-state index contributed by atoms with van der Waals surface area (Å²) in [5.41, 5.74) is 0. The van der Waals surface area contributed by atoms with Crippen LogP contribution in [0.1, 0.15) is 25.7 Å². The van der Waals surface area contributed by atoms with Crippen molar-refractivity contribution in [2.24, 2.45) is 11.8 Å². The fourth-order valence-corrected chi connectivity index (χ4v) is 7.40. The van der Waals surface area contributed by atoms with Gasteiger partial charge in [-0.2, -0.15) is 0 Å². The monoisotopic (exact) mass is 328 g/mol. The molecule has 0 N–H and O–H groups in total. The van der Waals surface area contributed by atoms with Crippen LogP contribution in [0.4, 0.5) is 0 Å². The van der Waals surface area contributed by atoms with Gasteiger partial charge in [-0.05, 0) is 37.5 Å². The van der Waals surface area contributed by atoms with Crippen LogP contribution in [0.3, 0.4) is 0 Å². The van der Waals surface area contributed by atoms with Gasteiger partial charge in [0.25, 0.3) is 0 Å². The molecule has 1 nitrogen and oxygen atoms in total. The highest BCUT2D eigenvalue weighted by Gasteiger charge is 2.42. The van der Waals surface area contributed by atoms with E-state index < -0.39 is 6.26 Å². The SMILES string of the molecule is S=P(OC1CC2CCC1C2)(c1ccccc1)c1ccccc1. The summed E-state index contributed by atoms with van der Waals surface area (Å²) in [5.74, 6) is 1.62. The number of fused-ring (bicyclic) bond motifs is 2. The second-order valence-electron chi connectivity index (χ2n) is 6.54. The molecule has 2 aliphatic rings. The van der Waals surface area contributed by atoms with Crippen LogP contribution in [-0.4, -0.2) is 6.10 Å². The highest BCUT2D eigenvalue weighted by Crippen LogP contribution is 2.54. The number of benzene rings is 2. The molecule has 4 rings (SSSR count). The minimum Gasteiger partial charge on any atom is -0.339 e. The lowest BCUT2D eigenvalue weighted by Gasteiger charge is -2.31. The molecule has 2 aromatic carbocycles. The molecule has 0 spiro atoms.